The van der Waals surface area contributed by atoms with Gasteiger partial charge in [-0.3, -0.25) is 4.79 Å². The summed E-state index contributed by atoms with van der Waals surface area (Å²) in [6, 6.07) is 6.52. The Morgan fingerprint density at radius 1 is 1.18 bits per heavy atom. The summed E-state index contributed by atoms with van der Waals surface area (Å²) in [4.78, 5) is 36.8. The van der Waals surface area contributed by atoms with Crippen LogP contribution in [0.1, 0.15) is 25.6 Å². The lowest BCUT2D eigenvalue weighted by atomic mass is 10.1. The molecule has 180 valence electrons. The Hall–Kier alpha value is -3.44. The molecule has 0 spiro atoms. The van der Waals surface area contributed by atoms with Crippen molar-refractivity contribution >= 4 is 51.0 Å². The SMILES string of the molecule is COC(=O)N(C)CCOC(=O)c1sc2cccc(Cl)c2c1COc1c(F)cc(C(N)=O)cc1F. The Morgan fingerprint density at radius 3 is 2.47 bits per heavy atom. The van der Waals surface area contributed by atoms with E-state index in [2.05, 4.69) is 4.74 Å². The first-order valence-corrected chi connectivity index (χ1v) is 10.9. The molecule has 0 aliphatic carbocycles. The van der Waals surface area contributed by atoms with Crippen LogP contribution in [0.25, 0.3) is 10.1 Å². The van der Waals surface area contributed by atoms with Gasteiger partial charge in [-0.1, -0.05) is 17.7 Å². The van der Waals surface area contributed by atoms with E-state index in [1.165, 1.54) is 19.1 Å². The summed E-state index contributed by atoms with van der Waals surface area (Å²) in [6.45, 7) is -0.455. The van der Waals surface area contributed by atoms with Crippen molar-refractivity contribution in [2.45, 2.75) is 6.61 Å². The molecule has 0 bridgehead atoms. The molecule has 1 aromatic heterocycles. The number of rotatable bonds is 8. The maximum atomic E-state index is 14.4. The monoisotopic (exact) mass is 512 g/mol. The van der Waals surface area contributed by atoms with Crippen molar-refractivity contribution in [1.82, 2.24) is 4.90 Å². The highest BCUT2D eigenvalue weighted by Crippen LogP contribution is 2.37. The lowest BCUT2D eigenvalue weighted by molar-refractivity contribution is 0.0467. The minimum Gasteiger partial charge on any atom is -0.483 e. The van der Waals surface area contributed by atoms with Gasteiger partial charge in [0.25, 0.3) is 0 Å². The van der Waals surface area contributed by atoms with Crippen LogP contribution in [0.4, 0.5) is 13.6 Å². The Balaban J connectivity index is 1.87. The second-order valence-corrected chi connectivity index (χ2v) is 8.43. The van der Waals surface area contributed by atoms with Gasteiger partial charge in [-0.15, -0.1) is 11.3 Å². The van der Waals surface area contributed by atoms with Gasteiger partial charge in [0.15, 0.2) is 17.4 Å². The van der Waals surface area contributed by atoms with E-state index in [1.807, 2.05) is 0 Å². The van der Waals surface area contributed by atoms with Crippen molar-refractivity contribution in [1.29, 1.82) is 0 Å². The van der Waals surface area contributed by atoms with E-state index >= 15 is 0 Å². The van der Waals surface area contributed by atoms with Crippen molar-refractivity contribution in [3.63, 3.8) is 0 Å². The van der Waals surface area contributed by atoms with Crippen molar-refractivity contribution in [3.05, 3.63) is 63.0 Å². The number of amides is 2. The Bertz CT molecular complexity index is 1240. The molecular formula is C22H19ClF2N2O6S. The summed E-state index contributed by atoms with van der Waals surface area (Å²) in [5.74, 6) is -4.72. The number of esters is 1. The summed E-state index contributed by atoms with van der Waals surface area (Å²) in [5.41, 5.74) is 4.98. The predicted octanol–water partition coefficient (Wildman–Crippen LogP) is 4.37. The summed E-state index contributed by atoms with van der Waals surface area (Å²) in [6.07, 6.45) is -0.592. The molecule has 12 heteroatoms. The molecule has 2 amide bonds. The quantitative estimate of drug-likeness (QED) is 0.449. The van der Waals surface area contributed by atoms with Crippen LogP contribution < -0.4 is 10.5 Å². The number of primary amides is 1. The fourth-order valence-corrected chi connectivity index (χ4v) is 4.52. The molecule has 0 radical (unpaired) electrons. The molecule has 3 aromatic rings. The number of benzene rings is 2. The number of carbonyl (C=O) groups excluding carboxylic acids is 3. The van der Waals surface area contributed by atoms with E-state index in [9.17, 15) is 23.2 Å². The van der Waals surface area contributed by atoms with Crippen molar-refractivity contribution in [2.24, 2.45) is 5.73 Å². The molecule has 0 aliphatic rings. The summed E-state index contributed by atoms with van der Waals surface area (Å²) >= 11 is 7.39. The standard InChI is InChI=1S/C22H19ClF2N2O6S/c1-27(22(30)31-2)6-7-32-21(29)19-12(17-13(23)4-3-5-16(17)34-19)10-33-18-14(24)8-11(20(26)28)9-15(18)25/h3-5,8-9H,6-7,10H2,1-2H3,(H2,26,28). The highest BCUT2D eigenvalue weighted by atomic mass is 35.5. The smallest absolute Gasteiger partial charge is 0.409 e. The number of fused-ring (bicyclic) bond motifs is 1. The molecule has 1 heterocycles. The highest BCUT2D eigenvalue weighted by molar-refractivity contribution is 7.21. The first-order chi connectivity index (χ1) is 16.1. The zero-order chi connectivity index (χ0) is 25.0. The van der Waals surface area contributed by atoms with Gasteiger partial charge in [-0.25, -0.2) is 18.4 Å². The Kier molecular flexibility index (Phi) is 7.90. The molecule has 8 nitrogen and oxygen atoms in total. The largest absolute Gasteiger partial charge is 0.483 e. The molecule has 0 unspecified atom stereocenters. The van der Waals surface area contributed by atoms with E-state index in [0.717, 1.165) is 23.5 Å². The average Bonchev–Trinajstić information content (AvgIpc) is 3.17. The minimum atomic E-state index is -1.13. The lowest BCUT2D eigenvalue weighted by Crippen LogP contribution is -2.30. The fraction of sp³-hybridized carbons (Fsp3) is 0.227. The Morgan fingerprint density at radius 2 is 1.85 bits per heavy atom. The number of halogens is 3. The van der Waals surface area contributed by atoms with Crippen LogP contribution >= 0.6 is 22.9 Å². The van der Waals surface area contributed by atoms with Gasteiger partial charge in [-0.05, 0) is 24.3 Å². The molecule has 0 atom stereocenters. The average molecular weight is 513 g/mol. The molecule has 3 rings (SSSR count). The highest BCUT2D eigenvalue weighted by Gasteiger charge is 2.24. The maximum absolute atomic E-state index is 14.4. The lowest BCUT2D eigenvalue weighted by Gasteiger charge is -2.15. The van der Waals surface area contributed by atoms with E-state index in [-0.39, 0.29) is 29.2 Å². The number of thiophene rings is 1. The number of nitrogens with zero attached hydrogens (tertiary/aromatic N) is 1. The first-order valence-electron chi connectivity index (χ1n) is 9.71. The van der Waals surface area contributed by atoms with E-state index in [1.54, 1.807) is 18.2 Å². The maximum Gasteiger partial charge on any atom is 0.409 e. The van der Waals surface area contributed by atoms with Crippen LogP contribution in [-0.2, 0) is 16.1 Å². The molecule has 34 heavy (non-hydrogen) atoms. The number of ether oxygens (including phenoxy) is 3. The second-order valence-electron chi connectivity index (χ2n) is 6.97. The van der Waals surface area contributed by atoms with Gasteiger partial charge >= 0.3 is 12.1 Å². The molecular weight excluding hydrogens is 494 g/mol. The number of hydrogen-bond acceptors (Lipinski definition) is 7. The van der Waals surface area contributed by atoms with Gasteiger partial charge in [0.1, 0.15) is 18.1 Å². The van der Waals surface area contributed by atoms with Gasteiger partial charge in [0, 0.05) is 33.3 Å². The number of likely N-dealkylation sites (N-methyl/N-ethyl adjacent to an activating group) is 1. The number of hydrogen-bond donors (Lipinski definition) is 1. The number of carbonyl (C=O) groups is 3. The van der Waals surface area contributed by atoms with Crippen LogP contribution in [0.5, 0.6) is 5.75 Å². The number of nitrogens with two attached hydrogens (primary N) is 1. The molecule has 0 saturated carbocycles. The van der Waals surface area contributed by atoms with E-state index < -0.39 is 42.0 Å². The van der Waals surface area contributed by atoms with Gasteiger partial charge in [0.05, 0.1) is 13.7 Å². The second kappa shape index (κ2) is 10.7. The van der Waals surface area contributed by atoms with Crippen LogP contribution in [0.3, 0.4) is 0 Å². The fourth-order valence-electron chi connectivity index (χ4n) is 3.04. The zero-order valence-electron chi connectivity index (χ0n) is 18.0. The molecule has 2 aromatic carbocycles. The summed E-state index contributed by atoms with van der Waals surface area (Å²) in [5, 5.41) is 0.782. The predicted molar refractivity (Wildman–Crippen MR) is 121 cm³/mol. The topological polar surface area (TPSA) is 108 Å². The van der Waals surface area contributed by atoms with E-state index in [0.29, 0.717) is 15.1 Å². The zero-order valence-corrected chi connectivity index (χ0v) is 19.6. The minimum absolute atomic E-state index is 0.0819. The normalized spacial score (nSPS) is 10.7. The first kappa shape index (κ1) is 25.2. The van der Waals surface area contributed by atoms with Gasteiger partial charge < -0.3 is 24.8 Å². The molecule has 0 aliphatic heterocycles. The number of methoxy groups -OCH3 is 1. The molecule has 0 saturated heterocycles. The van der Waals surface area contributed by atoms with Crippen LogP contribution in [0, 0.1) is 11.6 Å². The van der Waals surface area contributed by atoms with Gasteiger partial charge in [-0.2, -0.15) is 0 Å². The van der Waals surface area contributed by atoms with Crippen LogP contribution in [0.2, 0.25) is 5.02 Å². The summed E-state index contributed by atoms with van der Waals surface area (Å²) < 4.78 is 44.5. The summed E-state index contributed by atoms with van der Waals surface area (Å²) in [7, 11) is 2.70. The Labute approximate surface area is 201 Å². The molecule has 0 fully saturated rings. The van der Waals surface area contributed by atoms with Crippen molar-refractivity contribution in [2.75, 3.05) is 27.3 Å². The van der Waals surface area contributed by atoms with Crippen LogP contribution in [-0.4, -0.2) is 50.2 Å². The van der Waals surface area contributed by atoms with Crippen molar-refractivity contribution in [3.8, 4) is 5.75 Å². The van der Waals surface area contributed by atoms with Crippen LogP contribution in [0.15, 0.2) is 30.3 Å². The third-order valence-corrected chi connectivity index (χ3v) is 6.23. The molecule has 2 N–H and O–H groups in total. The third-order valence-electron chi connectivity index (χ3n) is 4.74. The van der Waals surface area contributed by atoms with Gasteiger partial charge in [0.2, 0.25) is 5.91 Å². The van der Waals surface area contributed by atoms with E-state index in [4.69, 9.17) is 26.8 Å². The third kappa shape index (κ3) is 5.37. The van der Waals surface area contributed by atoms with Crippen molar-refractivity contribution < 1.29 is 37.4 Å².